The van der Waals surface area contributed by atoms with Crippen molar-refractivity contribution in [1.82, 2.24) is 4.57 Å². The molecule has 0 N–H and O–H groups in total. The molecule has 6 heteroatoms. The van der Waals surface area contributed by atoms with Crippen LogP contribution in [-0.4, -0.2) is 23.9 Å². The van der Waals surface area contributed by atoms with E-state index in [1.807, 2.05) is 38.1 Å². The molecule has 27 heavy (non-hydrogen) atoms. The molecule has 2 aromatic carbocycles. The first-order valence-electron chi connectivity index (χ1n) is 8.27. The van der Waals surface area contributed by atoms with E-state index < -0.39 is 5.97 Å². The minimum Gasteiger partial charge on any atom is -0.465 e. The van der Waals surface area contributed by atoms with Gasteiger partial charge in [0.05, 0.1) is 23.4 Å². The number of benzene rings is 2. The number of carbonyl (C=O) groups is 1. The summed E-state index contributed by atoms with van der Waals surface area (Å²) in [6.07, 6.45) is 1.78. The molecule has 0 aliphatic carbocycles. The molecule has 0 amide bonds. The van der Waals surface area contributed by atoms with Gasteiger partial charge in [0.15, 0.2) is 0 Å². The molecule has 3 rings (SSSR count). The quantitative estimate of drug-likeness (QED) is 0.401. The Labute approximate surface area is 168 Å². The number of hydrogen-bond donors (Lipinski definition) is 0. The van der Waals surface area contributed by atoms with E-state index in [0.717, 1.165) is 22.6 Å². The Hall–Kier alpha value is -2.56. The topological polar surface area (TPSA) is 43.6 Å². The molecule has 0 bridgehead atoms. The zero-order valence-electron chi connectivity index (χ0n) is 15.2. The second kappa shape index (κ2) is 7.99. The molecule has 0 aliphatic rings. The molecule has 0 radical (unpaired) electrons. The van der Waals surface area contributed by atoms with Crippen LogP contribution in [0.15, 0.2) is 53.5 Å². The van der Waals surface area contributed by atoms with Crippen molar-refractivity contribution in [2.45, 2.75) is 13.8 Å². The van der Waals surface area contributed by atoms with E-state index in [1.54, 1.807) is 24.4 Å². The largest absolute Gasteiger partial charge is 0.465 e. The lowest BCUT2D eigenvalue weighted by molar-refractivity contribution is 0.0601. The number of carbonyl (C=O) groups excluding carboxylic acids is 1. The summed E-state index contributed by atoms with van der Waals surface area (Å²) in [5.74, 6) is -0.488. The Morgan fingerprint density at radius 3 is 2.44 bits per heavy atom. The third-order valence-electron chi connectivity index (χ3n) is 4.26. The molecule has 0 atom stereocenters. The Kier molecular flexibility index (Phi) is 5.68. The number of methoxy groups -OCH3 is 1. The molecule has 4 nitrogen and oxygen atoms in total. The number of aromatic nitrogens is 1. The fourth-order valence-corrected chi connectivity index (χ4v) is 3.23. The summed E-state index contributed by atoms with van der Waals surface area (Å²) in [6, 6.07) is 14.8. The number of aryl methyl sites for hydroxylation is 1. The van der Waals surface area contributed by atoms with Crippen LogP contribution in [0.25, 0.3) is 5.69 Å². The standard InChI is InChI=1S/C21H18Cl2N2O2/c1-13-10-15(14(2)25(13)18-7-4-16(22)5-8-18)12-24-17-6-9-20(23)19(11-17)21(26)27-3/h4-12H,1-3H3. The zero-order chi connectivity index (χ0) is 19.6. The Balaban J connectivity index is 1.94. The molecule has 0 spiro atoms. The van der Waals surface area contributed by atoms with Gasteiger partial charge in [-0.2, -0.15) is 0 Å². The predicted molar refractivity (Wildman–Crippen MR) is 110 cm³/mol. The van der Waals surface area contributed by atoms with E-state index in [-0.39, 0.29) is 0 Å². The van der Waals surface area contributed by atoms with E-state index in [0.29, 0.717) is 21.3 Å². The van der Waals surface area contributed by atoms with Crippen LogP contribution in [0.5, 0.6) is 0 Å². The number of halogens is 2. The lowest BCUT2D eigenvalue weighted by Gasteiger charge is -2.09. The highest BCUT2D eigenvalue weighted by Gasteiger charge is 2.12. The second-order valence-electron chi connectivity index (χ2n) is 6.05. The average Bonchev–Trinajstić information content (AvgIpc) is 2.95. The smallest absolute Gasteiger partial charge is 0.339 e. The third-order valence-corrected chi connectivity index (χ3v) is 4.84. The minimum atomic E-state index is -0.488. The summed E-state index contributed by atoms with van der Waals surface area (Å²) in [6.45, 7) is 4.07. The molecule has 0 fully saturated rings. The molecule has 3 aromatic rings. The number of nitrogens with zero attached hydrogens (tertiary/aromatic N) is 2. The van der Waals surface area contributed by atoms with Gasteiger partial charge in [-0.25, -0.2) is 4.79 Å². The first-order valence-corrected chi connectivity index (χ1v) is 9.03. The highest BCUT2D eigenvalue weighted by molar-refractivity contribution is 6.33. The lowest BCUT2D eigenvalue weighted by Crippen LogP contribution is -2.01. The van der Waals surface area contributed by atoms with Crippen LogP contribution in [0.2, 0.25) is 10.0 Å². The summed E-state index contributed by atoms with van der Waals surface area (Å²) >= 11 is 12.0. The van der Waals surface area contributed by atoms with Gasteiger partial charge in [-0.05, 0) is 62.4 Å². The van der Waals surface area contributed by atoms with Crippen molar-refractivity contribution in [2.75, 3.05) is 7.11 Å². The fraction of sp³-hybridized carbons (Fsp3) is 0.143. The van der Waals surface area contributed by atoms with Crippen molar-refractivity contribution in [1.29, 1.82) is 0 Å². The molecule has 1 aromatic heterocycles. The molecule has 0 saturated heterocycles. The molecule has 1 heterocycles. The third kappa shape index (κ3) is 4.07. The van der Waals surface area contributed by atoms with Gasteiger partial charge >= 0.3 is 5.97 Å². The van der Waals surface area contributed by atoms with Crippen molar-refractivity contribution in [3.63, 3.8) is 0 Å². The number of aliphatic imine (C=N–C) groups is 1. The van der Waals surface area contributed by atoms with Crippen molar-refractivity contribution >= 4 is 41.1 Å². The van der Waals surface area contributed by atoms with Gasteiger partial charge in [0.25, 0.3) is 0 Å². The summed E-state index contributed by atoms with van der Waals surface area (Å²) in [4.78, 5) is 16.3. The van der Waals surface area contributed by atoms with Crippen LogP contribution in [0.3, 0.4) is 0 Å². The Morgan fingerprint density at radius 1 is 1.07 bits per heavy atom. The maximum atomic E-state index is 11.8. The van der Waals surface area contributed by atoms with Crippen LogP contribution in [0.4, 0.5) is 5.69 Å². The monoisotopic (exact) mass is 400 g/mol. The van der Waals surface area contributed by atoms with Gasteiger partial charge in [-0.15, -0.1) is 0 Å². The fourth-order valence-electron chi connectivity index (χ4n) is 2.91. The van der Waals surface area contributed by atoms with Crippen LogP contribution in [0.1, 0.15) is 27.3 Å². The van der Waals surface area contributed by atoms with Crippen molar-refractivity contribution in [3.05, 3.63) is 81.1 Å². The molecular formula is C21H18Cl2N2O2. The molecule has 0 unspecified atom stereocenters. The second-order valence-corrected chi connectivity index (χ2v) is 6.90. The van der Waals surface area contributed by atoms with Crippen LogP contribution < -0.4 is 0 Å². The van der Waals surface area contributed by atoms with Crippen LogP contribution >= 0.6 is 23.2 Å². The van der Waals surface area contributed by atoms with Gasteiger partial charge < -0.3 is 9.30 Å². The average molecular weight is 401 g/mol. The van der Waals surface area contributed by atoms with Gasteiger partial charge in [-0.3, -0.25) is 4.99 Å². The van der Waals surface area contributed by atoms with Gasteiger partial charge in [0, 0.05) is 33.9 Å². The SMILES string of the molecule is COC(=O)c1cc(N=Cc2cc(C)n(-c3ccc(Cl)cc3)c2C)ccc1Cl. The lowest BCUT2D eigenvalue weighted by atomic mass is 10.2. The number of ether oxygens (including phenoxy) is 1. The van der Waals surface area contributed by atoms with E-state index in [2.05, 4.69) is 15.6 Å². The number of rotatable bonds is 4. The number of hydrogen-bond acceptors (Lipinski definition) is 3. The first-order chi connectivity index (χ1) is 12.9. The molecule has 138 valence electrons. The van der Waals surface area contributed by atoms with E-state index >= 15 is 0 Å². The highest BCUT2D eigenvalue weighted by Crippen LogP contribution is 2.25. The predicted octanol–water partition coefficient (Wildman–Crippen LogP) is 5.94. The van der Waals surface area contributed by atoms with E-state index in [1.165, 1.54) is 7.11 Å². The van der Waals surface area contributed by atoms with Gasteiger partial charge in [0.2, 0.25) is 0 Å². The van der Waals surface area contributed by atoms with Crippen LogP contribution in [-0.2, 0) is 4.74 Å². The zero-order valence-corrected chi connectivity index (χ0v) is 16.7. The molecular weight excluding hydrogens is 383 g/mol. The summed E-state index contributed by atoms with van der Waals surface area (Å²) in [7, 11) is 1.32. The number of esters is 1. The Morgan fingerprint density at radius 2 is 1.78 bits per heavy atom. The van der Waals surface area contributed by atoms with Gasteiger partial charge in [-0.1, -0.05) is 23.2 Å². The summed E-state index contributed by atoms with van der Waals surface area (Å²) < 4.78 is 6.88. The highest BCUT2D eigenvalue weighted by atomic mass is 35.5. The van der Waals surface area contributed by atoms with E-state index in [4.69, 9.17) is 27.9 Å². The Bertz CT molecular complexity index is 1020. The summed E-state index contributed by atoms with van der Waals surface area (Å²) in [5.41, 5.74) is 5.07. The maximum Gasteiger partial charge on any atom is 0.339 e. The normalized spacial score (nSPS) is 11.1. The summed E-state index contributed by atoms with van der Waals surface area (Å²) in [5, 5.41) is 1.04. The van der Waals surface area contributed by atoms with Crippen molar-refractivity contribution < 1.29 is 9.53 Å². The minimum absolute atomic E-state index is 0.292. The maximum absolute atomic E-state index is 11.8. The van der Waals surface area contributed by atoms with Crippen LogP contribution in [0, 0.1) is 13.8 Å². The first kappa shape index (κ1) is 19.2. The van der Waals surface area contributed by atoms with Gasteiger partial charge in [0.1, 0.15) is 0 Å². The molecule has 0 aliphatic heterocycles. The van der Waals surface area contributed by atoms with E-state index in [9.17, 15) is 4.79 Å². The van der Waals surface area contributed by atoms with Crippen molar-refractivity contribution in [3.8, 4) is 5.69 Å². The van der Waals surface area contributed by atoms with Crippen molar-refractivity contribution in [2.24, 2.45) is 4.99 Å². The molecule has 0 saturated carbocycles.